The first-order valence-electron chi connectivity index (χ1n) is 6.14. The lowest BCUT2D eigenvalue weighted by Gasteiger charge is -2.11. The molecule has 1 N–H and O–H groups in total. The second-order valence-corrected chi connectivity index (χ2v) is 4.83. The summed E-state index contributed by atoms with van der Waals surface area (Å²) >= 11 is 6.07. The van der Waals surface area contributed by atoms with Crippen molar-refractivity contribution in [3.8, 4) is 5.69 Å². The maximum Gasteiger partial charge on any atom is 0.0819 e. The van der Waals surface area contributed by atoms with Gasteiger partial charge in [-0.25, -0.2) is 4.68 Å². The highest BCUT2D eigenvalue weighted by Gasteiger charge is 2.08. The molecule has 4 heteroatoms. The van der Waals surface area contributed by atoms with Gasteiger partial charge in [0.1, 0.15) is 0 Å². The molecule has 1 aromatic heterocycles. The fourth-order valence-corrected chi connectivity index (χ4v) is 2.03. The van der Waals surface area contributed by atoms with E-state index in [-0.39, 0.29) is 0 Å². The first kappa shape index (κ1) is 13.1. The van der Waals surface area contributed by atoms with Gasteiger partial charge in [0, 0.05) is 12.7 Å². The Morgan fingerprint density at radius 3 is 2.72 bits per heavy atom. The van der Waals surface area contributed by atoms with Crippen LogP contribution in [0.4, 0.5) is 0 Å². The molecule has 0 aliphatic heterocycles. The number of nitrogens with one attached hydrogen (secondary N) is 1. The van der Waals surface area contributed by atoms with Crippen LogP contribution < -0.4 is 5.32 Å². The van der Waals surface area contributed by atoms with Crippen LogP contribution in [0.2, 0.25) is 5.02 Å². The minimum absolute atomic E-state index is 0.699. The molecule has 0 aliphatic carbocycles. The molecule has 0 saturated heterocycles. The second kappa shape index (κ2) is 5.55. The SMILES string of the molecule is CCNCc1cc(C)ccc1-n1cc(Cl)c(C)n1. The Bertz CT molecular complexity index is 526. The Morgan fingerprint density at radius 2 is 2.11 bits per heavy atom. The van der Waals surface area contributed by atoms with Crippen molar-refractivity contribution >= 4 is 11.6 Å². The highest BCUT2D eigenvalue weighted by atomic mass is 35.5. The summed E-state index contributed by atoms with van der Waals surface area (Å²) in [6.07, 6.45) is 1.86. The van der Waals surface area contributed by atoms with Crippen LogP contribution in [0, 0.1) is 13.8 Å². The molecule has 0 bridgehead atoms. The number of halogens is 1. The number of aromatic nitrogens is 2. The average molecular weight is 264 g/mol. The Hall–Kier alpha value is -1.32. The maximum absolute atomic E-state index is 6.07. The van der Waals surface area contributed by atoms with Crippen molar-refractivity contribution in [3.63, 3.8) is 0 Å². The average Bonchev–Trinajstić information content (AvgIpc) is 2.67. The van der Waals surface area contributed by atoms with Gasteiger partial charge < -0.3 is 5.32 Å². The van der Waals surface area contributed by atoms with Crippen molar-refractivity contribution in [1.29, 1.82) is 0 Å². The van der Waals surface area contributed by atoms with Gasteiger partial charge in [-0.05, 0) is 32.0 Å². The number of rotatable bonds is 4. The van der Waals surface area contributed by atoms with Gasteiger partial charge in [-0.1, -0.05) is 36.2 Å². The second-order valence-electron chi connectivity index (χ2n) is 4.42. The minimum atomic E-state index is 0.699. The summed E-state index contributed by atoms with van der Waals surface area (Å²) in [5, 5.41) is 8.48. The van der Waals surface area contributed by atoms with E-state index in [1.54, 1.807) is 0 Å². The van der Waals surface area contributed by atoms with Crippen molar-refractivity contribution in [2.75, 3.05) is 6.54 Å². The third-order valence-electron chi connectivity index (χ3n) is 2.89. The predicted octanol–water partition coefficient (Wildman–Crippen LogP) is 3.25. The lowest BCUT2D eigenvalue weighted by molar-refractivity contribution is 0.715. The van der Waals surface area contributed by atoms with E-state index in [2.05, 4.69) is 42.5 Å². The molecule has 0 saturated carbocycles. The van der Waals surface area contributed by atoms with Crippen LogP contribution in [-0.4, -0.2) is 16.3 Å². The smallest absolute Gasteiger partial charge is 0.0819 e. The van der Waals surface area contributed by atoms with Crippen molar-refractivity contribution in [2.24, 2.45) is 0 Å². The third-order valence-corrected chi connectivity index (χ3v) is 3.26. The Labute approximate surface area is 113 Å². The Morgan fingerprint density at radius 1 is 1.33 bits per heavy atom. The van der Waals surface area contributed by atoms with Gasteiger partial charge in [0.25, 0.3) is 0 Å². The molecule has 0 unspecified atom stereocenters. The molecule has 0 atom stereocenters. The lowest BCUT2D eigenvalue weighted by atomic mass is 10.1. The quantitative estimate of drug-likeness (QED) is 0.918. The number of hydrogen-bond donors (Lipinski definition) is 1. The highest BCUT2D eigenvalue weighted by molar-refractivity contribution is 6.31. The zero-order valence-electron chi connectivity index (χ0n) is 11.0. The standard InChI is InChI=1S/C14H18ClN3/c1-4-16-8-12-7-10(2)5-6-14(12)18-9-13(15)11(3)17-18/h5-7,9,16H,4,8H2,1-3H3. The van der Waals surface area contributed by atoms with Crippen LogP contribution in [0.15, 0.2) is 24.4 Å². The summed E-state index contributed by atoms with van der Waals surface area (Å²) in [6, 6.07) is 6.36. The molecule has 3 nitrogen and oxygen atoms in total. The normalized spacial score (nSPS) is 10.9. The first-order valence-corrected chi connectivity index (χ1v) is 6.52. The van der Waals surface area contributed by atoms with Crippen molar-refractivity contribution in [3.05, 3.63) is 46.2 Å². The third kappa shape index (κ3) is 2.74. The summed E-state index contributed by atoms with van der Waals surface area (Å²) in [5.74, 6) is 0. The highest BCUT2D eigenvalue weighted by Crippen LogP contribution is 2.20. The van der Waals surface area contributed by atoms with Gasteiger partial charge in [-0.2, -0.15) is 5.10 Å². The van der Waals surface area contributed by atoms with Crippen LogP contribution in [0.25, 0.3) is 5.69 Å². The van der Waals surface area contributed by atoms with E-state index in [1.165, 1.54) is 11.1 Å². The summed E-state index contributed by atoms with van der Waals surface area (Å²) < 4.78 is 1.85. The summed E-state index contributed by atoms with van der Waals surface area (Å²) in [5.41, 5.74) is 4.42. The Kier molecular flexibility index (Phi) is 4.04. The predicted molar refractivity (Wildman–Crippen MR) is 75.4 cm³/mol. The van der Waals surface area contributed by atoms with Crippen LogP contribution in [0.5, 0.6) is 0 Å². The number of nitrogens with zero attached hydrogens (tertiary/aromatic N) is 2. The molecule has 0 fully saturated rings. The molecule has 1 aromatic carbocycles. The van der Waals surface area contributed by atoms with Gasteiger partial charge in [0.2, 0.25) is 0 Å². The molecule has 1 heterocycles. The topological polar surface area (TPSA) is 29.9 Å². The molecule has 2 aromatic rings. The fourth-order valence-electron chi connectivity index (χ4n) is 1.90. The van der Waals surface area contributed by atoms with Crippen molar-refractivity contribution < 1.29 is 0 Å². The molecule has 0 amide bonds. The fraction of sp³-hybridized carbons (Fsp3) is 0.357. The largest absolute Gasteiger partial charge is 0.313 e. The van der Waals surface area contributed by atoms with Gasteiger partial charge in [-0.15, -0.1) is 0 Å². The molecule has 2 rings (SSSR count). The number of hydrogen-bond acceptors (Lipinski definition) is 2. The maximum atomic E-state index is 6.07. The molecule has 0 spiro atoms. The molecular weight excluding hydrogens is 246 g/mol. The van der Waals surface area contributed by atoms with Crippen LogP contribution in [-0.2, 0) is 6.54 Å². The van der Waals surface area contributed by atoms with Crippen LogP contribution in [0.3, 0.4) is 0 Å². The first-order chi connectivity index (χ1) is 8.61. The minimum Gasteiger partial charge on any atom is -0.313 e. The summed E-state index contributed by atoms with van der Waals surface area (Å²) in [4.78, 5) is 0. The van der Waals surface area contributed by atoms with Gasteiger partial charge >= 0.3 is 0 Å². The van der Waals surface area contributed by atoms with Crippen molar-refractivity contribution in [2.45, 2.75) is 27.3 Å². The van der Waals surface area contributed by atoms with Crippen LogP contribution >= 0.6 is 11.6 Å². The molecule has 0 aliphatic rings. The lowest BCUT2D eigenvalue weighted by Crippen LogP contribution is -2.14. The van der Waals surface area contributed by atoms with Crippen molar-refractivity contribution in [1.82, 2.24) is 15.1 Å². The Balaban J connectivity index is 2.42. The van der Waals surface area contributed by atoms with E-state index in [0.29, 0.717) is 5.02 Å². The van der Waals surface area contributed by atoms with Gasteiger partial charge in [0.15, 0.2) is 0 Å². The van der Waals surface area contributed by atoms with Gasteiger partial charge in [0.05, 0.1) is 16.4 Å². The van der Waals surface area contributed by atoms with E-state index >= 15 is 0 Å². The molecule has 18 heavy (non-hydrogen) atoms. The summed E-state index contributed by atoms with van der Waals surface area (Å²) in [6.45, 7) is 7.90. The van der Waals surface area contributed by atoms with E-state index in [0.717, 1.165) is 24.5 Å². The van der Waals surface area contributed by atoms with E-state index in [9.17, 15) is 0 Å². The van der Waals surface area contributed by atoms with Crippen LogP contribution in [0.1, 0.15) is 23.7 Å². The molecular formula is C14H18ClN3. The number of benzene rings is 1. The zero-order chi connectivity index (χ0) is 13.1. The zero-order valence-corrected chi connectivity index (χ0v) is 11.8. The number of aryl methyl sites for hydroxylation is 2. The molecule has 96 valence electrons. The van der Waals surface area contributed by atoms with Gasteiger partial charge in [-0.3, -0.25) is 0 Å². The molecule has 0 radical (unpaired) electrons. The van der Waals surface area contributed by atoms with E-state index in [4.69, 9.17) is 11.6 Å². The van der Waals surface area contributed by atoms with E-state index in [1.807, 2.05) is 17.8 Å². The summed E-state index contributed by atoms with van der Waals surface area (Å²) in [7, 11) is 0. The monoisotopic (exact) mass is 263 g/mol. The van der Waals surface area contributed by atoms with E-state index < -0.39 is 0 Å².